The highest BCUT2D eigenvalue weighted by atomic mass is 32.2. The molecule has 2 unspecified atom stereocenters. The summed E-state index contributed by atoms with van der Waals surface area (Å²) in [6.45, 7) is 6.66. The minimum Gasteiger partial charge on any atom is -0.365 e. The molecule has 0 aromatic carbocycles. The lowest BCUT2D eigenvalue weighted by Gasteiger charge is -2.11. The number of nitrogens with one attached hydrogen (secondary N) is 1. The molecule has 1 fully saturated rings. The van der Waals surface area contributed by atoms with E-state index < -0.39 is 0 Å². The van der Waals surface area contributed by atoms with Crippen LogP contribution in [0.3, 0.4) is 0 Å². The van der Waals surface area contributed by atoms with Gasteiger partial charge in [0.15, 0.2) is 5.17 Å². The average molecular weight is 212 g/mol. The highest BCUT2D eigenvalue weighted by Gasteiger charge is 2.35. The summed E-state index contributed by atoms with van der Waals surface area (Å²) >= 11 is 1.97. The van der Waals surface area contributed by atoms with Gasteiger partial charge in [-0.2, -0.15) is 0 Å². The summed E-state index contributed by atoms with van der Waals surface area (Å²) in [4.78, 5) is 4.55. The quantitative estimate of drug-likeness (QED) is 0.774. The molecule has 1 saturated carbocycles. The molecule has 0 saturated heterocycles. The highest BCUT2D eigenvalue weighted by molar-refractivity contribution is 8.14. The monoisotopic (exact) mass is 212 g/mol. The van der Waals surface area contributed by atoms with E-state index in [1.165, 1.54) is 24.4 Å². The van der Waals surface area contributed by atoms with Crippen molar-refractivity contribution in [1.82, 2.24) is 5.32 Å². The molecule has 2 aliphatic rings. The summed E-state index contributed by atoms with van der Waals surface area (Å²) in [5.74, 6) is 1.74. The average Bonchev–Trinajstić information content (AvgIpc) is 2.95. The largest absolute Gasteiger partial charge is 0.365 e. The molecule has 0 amide bonds. The van der Waals surface area contributed by atoms with E-state index in [-0.39, 0.29) is 0 Å². The molecule has 1 heterocycles. The molecule has 2 rings (SSSR count). The Morgan fingerprint density at radius 2 is 2.36 bits per heavy atom. The van der Waals surface area contributed by atoms with Crippen LogP contribution in [0.25, 0.3) is 0 Å². The number of nitrogens with zero attached hydrogens (tertiary/aromatic N) is 1. The third kappa shape index (κ3) is 2.66. The second kappa shape index (κ2) is 4.56. The predicted molar refractivity (Wildman–Crippen MR) is 63.9 cm³/mol. The topological polar surface area (TPSA) is 24.4 Å². The van der Waals surface area contributed by atoms with Gasteiger partial charge in [0.25, 0.3) is 0 Å². The zero-order valence-corrected chi connectivity index (χ0v) is 9.94. The van der Waals surface area contributed by atoms with Crippen molar-refractivity contribution in [2.75, 3.05) is 13.1 Å². The SMILES string of the molecule is CCC(C)CNC1=NCC(C2CC2)S1. The Hall–Kier alpha value is -0.180. The fourth-order valence-electron chi connectivity index (χ4n) is 1.61. The van der Waals surface area contributed by atoms with Gasteiger partial charge in [-0.25, -0.2) is 0 Å². The number of hydrogen-bond acceptors (Lipinski definition) is 3. The summed E-state index contributed by atoms with van der Waals surface area (Å²) in [6, 6.07) is 0. The molecule has 0 radical (unpaired) electrons. The van der Waals surface area contributed by atoms with Gasteiger partial charge < -0.3 is 5.32 Å². The first-order chi connectivity index (χ1) is 6.79. The van der Waals surface area contributed by atoms with Crippen LogP contribution in [0, 0.1) is 11.8 Å². The molecule has 0 aromatic rings. The van der Waals surface area contributed by atoms with Crippen LogP contribution in [-0.2, 0) is 0 Å². The number of hydrogen-bond donors (Lipinski definition) is 1. The second-order valence-electron chi connectivity index (χ2n) is 4.53. The first kappa shape index (κ1) is 10.3. The third-order valence-electron chi connectivity index (χ3n) is 3.12. The molecular weight excluding hydrogens is 192 g/mol. The Balaban J connectivity index is 1.67. The Morgan fingerprint density at radius 1 is 1.57 bits per heavy atom. The minimum absolute atomic E-state index is 0.762. The van der Waals surface area contributed by atoms with Crippen LogP contribution < -0.4 is 5.32 Å². The van der Waals surface area contributed by atoms with Crippen LogP contribution >= 0.6 is 11.8 Å². The third-order valence-corrected chi connectivity index (χ3v) is 4.46. The molecule has 0 bridgehead atoms. The first-order valence-corrected chi connectivity index (χ1v) is 6.62. The molecule has 1 aliphatic heterocycles. The van der Waals surface area contributed by atoms with Gasteiger partial charge in [0.1, 0.15) is 0 Å². The van der Waals surface area contributed by atoms with E-state index in [2.05, 4.69) is 24.2 Å². The van der Waals surface area contributed by atoms with Gasteiger partial charge in [-0.15, -0.1) is 0 Å². The van der Waals surface area contributed by atoms with Gasteiger partial charge in [0, 0.05) is 11.8 Å². The van der Waals surface area contributed by atoms with E-state index in [0.29, 0.717) is 0 Å². The molecule has 0 aromatic heterocycles. The van der Waals surface area contributed by atoms with Crippen LogP contribution in [0.15, 0.2) is 4.99 Å². The zero-order chi connectivity index (χ0) is 9.97. The Kier molecular flexibility index (Phi) is 3.37. The van der Waals surface area contributed by atoms with Gasteiger partial charge >= 0.3 is 0 Å². The number of thioether (sulfide) groups is 1. The smallest absolute Gasteiger partial charge is 0.156 e. The minimum atomic E-state index is 0.762. The lowest BCUT2D eigenvalue weighted by atomic mass is 10.1. The maximum atomic E-state index is 4.55. The predicted octanol–water partition coefficient (Wildman–Crippen LogP) is 2.50. The van der Waals surface area contributed by atoms with Crippen molar-refractivity contribution in [2.24, 2.45) is 16.8 Å². The Labute approximate surface area is 90.9 Å². The van der Waals surface area contributed by atoms with E-state index in [4.69, 9.17) is 0 Å². The maximum Gasteiger partial charge on any atom is 0.156 e. The number of aliphatic imine (C=N–C) groups is 1. The van der Waals surface area contributed by atoms with Crippen molar-refractivity contribution in [3.8, 4) is 0 Å². The van der Waals surface area contributed by atoms with Gasteiger partial charge in [0.05, 0.1) is 6.54 Å². The van der Waals surface area contributed by atoms with Gasteiger partial charge in [0.2, 0.25) is 0 Å². The summed E-state index contributed by atoms with van der Waals surface area (Å²) < 4.78 is 0. The summed E-state index contributed by atoms with van der Waals surface area (Å²) in [5.41, 5.74) is 0. The van der Waals surface area contributed by atoms with Crippen LogP contribution in [-0.4, -0.2) is 23.5 Å². The normalized spacial score (nSPS) is 28.7. The summed E-state index contributed by atoms with van der Waals surface area (Å²) in [7, 11) is 0. The van der Waals surface area contributed by atoms with Crippen molar-refractivity contribution in [3.05, 3.63) is 0 Å². The second-order valence-corrected chi connectivity index (χ2v) is 5.76. The fraction of sp³-hybridized carbons (Fsp3) is 0.909. The van der Waals surface area contributed by atoms with Crippen LogP contribution in [0.5, 0.6) is 0 Å². The number of amidine groups is 1. The fourth-order valence-corrected chi connectivity index (χ4v) is 2.82. The van der Waals surface area contributed by atoms with Crippen LogP contribution in [0.4, 0.5) is 0 Å². The molecular formula is C11H20N2S. The molecule has 1 aliphatic carbocycles. The van der Waals surface area contributed by atoms with Crippen molar-refractivity contribution < 1.29 is 0 Å². The Bertz CT molecular complexity index is 223. The van der Waals surface area contributed by atoms with E-state index in [1.807, 2.05) is 11.8 Å². The van der Waals surface area contributed by atoms with E-state index in [0.717, 1.165) is 30.2 Å². The lowest BCUT2D eigenvalue weighted by Crippen LogP contribution is -2.25. The van der Waals surface area contributed by atoms with Crippen molar-refractivity contribution >= 4 is 16.9 Å². The summed E-state index contributed by atoms with van der Waals surface area (Å²) in [5, 5.41) is 5.45. The molecule has 14 heavy (non-hydrogen) atoms. The highest BCUT2D eigenvalue weighted by Crippen LogP contribution is 2.41. The molecule has 80 valence electrons. The summed E-state index contributed by atoms with van der Waals surface area (Å²) in [6.07, 6.45) is 4.12. The molecule has 2 nitrogen and oxygen atoms in total. The van der Waals surface area contributed by atoms with Crippen LogP contribution in [0.1, 0.15) is 33.1 Å². The van der Waals surface area contributed by atoms with Crippen molar-refractivity contribution in [2.45, 2.75) is 38.4 Å². The van der Waals surface area contributed by atoms with Gasteiger partial charge in [-0.1, -0.05) is 32.0 Å². The molecule has 2 atom stereocenters. The lowest BCUT2D eigenvalue weighted by molar-refractivity contribution is 0.550. The van der Waals surface area contributed by atoms with Crippen LogP contribution in [0.2, 0.25) is 0 Å². The van der Waals surface area contributed by atoms with Gasteiger partial charge in [-0.3, -0.25) is 4.99 Å². The molecule has 3 heteroatoms. The zero-order valence-electron chi connectivity index (χ0n) is 9.12. The molecule has 0 spiro atoms. The van der Waals surface area contributed by atoms with Crippen molar-refractivity contribution in [1.29, 1.82) is 0 Å². The standard InChI is InChI=1S/C11H20N2S/c1-3-8(2)6-12-11-13-7-10(14-11)9-4-5-9/h8-10H,3-7H2,1-2H3,(H,12,13). The maximum absolute atomic E-state index is 4.55. The van der Waals surface area contributed by atoms with E-state index in [1.54, 1.807) is 0 Å². The molecule has 1 N–H and O–H groups in total. The van der Waals surface area contributed by atoms with E-state index in [9.17, 15) is 0 Å². The first-order valence-electron chi connectivity index (χ1n) is 5.74. The number of rotatable bonds is 4. The Morgan fingerprint density at radius 3 is 3.00 bits per heavy atom. The van der Waals surface area contributed by atoms with Gasteiger partial charge in [-0.05, 0) is 24.7 Å². The van der Waals surface area contributed by atoms with Crippen molar-refractivity contribution in [3.63, 3.8) is 0 Å². The van der Waals surface area contributed by atoms with E-state index >= 15 is 0 Å².